The first-order valence-electron chi connectivity index (χ1n) is 6.24. The summed E-state index contributed by atoms with van der Waals surface area (Å²) in [5.41, 5.74) is -0.159. The molecule has 0 spiro atoms. The molecule has 1 aliphatic rings. The normalized spacial score (nSPS) is 15.4. The van der Waals surface area contributed by atoms with Crippen molar-refractivity contribution in [1.82, 2.24) is 14.7 Å². The molecule has 1 aliphatic carbocycles. The highest BCUT2D eigenvalue weighted by molar-refractivity contribution is 7.88. The molecule has 0 radical (unpaired) electrons. The van der Waals surface area contributed by atoms with Crippen molar-refractivity contribution in [3.05, 3.63) is 22.2 Å². The smallest absolute Gasteiger partial charge is 0.252 e. The summed E-state index contributed by atoms with van der Waals surface area (Å²) in [7, 11) is -3.13. The van der Waals surface area contributed by atoms with E-state index in [-0.39, 0.29) is 5.56 Å². The van der Waals surface area contributed by atoms with E-state index in [1.165, 1.54) is 6.07 Å². The Kier molecular flexibility index (Phi) is 4.20. The number of hydrogen-bond donors (Lipinski definition) is 3. The van der Waals surface area contributed by atoms with E-state index >= 15 is 0 Å². The fourth-order valence-electron chi connectivity index (χ4n) is 1.68. The number of anilines is 1. The van der Waals surface area contributed by atoms with E-state index in [2.05, 4.69) is 20.0 Å². The maximum Gasteiger partial charge on any atom is 0.252 e. The zero-order valence-corrected chi connectivity index (χ0v) is 11.6. The summed E-state index contributed by atoms with van der Waals surface area (Å²) < 4.78 is 24.1. The second-order valence-corrected chi connectivity index (χ2v) is 6.57. The SMILES string of the molecule is CS(=O)(=O)NCCCNc1cc(=O)[nH]c(C2CC2)n1. The van der Waals surface area contributed by atoms with Gasteiger partial charge < -0.3 is 10.3 Å². The van der Waals surface area contributed by atoms with Crippen LogP contribution >= 0.6 is 0 Å². The van der Waals surface area contributed by atoms with Crippen LogP contribution in [0.2, 0.25) is 0 Å². The molecule has 3 N–H and O–H groups in total. The van der Waals surface area contributed by atoms with Gasteiger partial charge in [-0.2, -0.15) is 0 Å². The minimum atomic E-state index is -3.13. The first-order valence-corrected chi connectivity index (χ1v) is 8.13. The summed E-state index contributed by atoms with van der Waals surface area (Å²) in [6.45, 7) is 0.924. The van der Waals surface area contributed by atoms with E-state index in [0.717, 1.165) is 24.9 Å². The van der Waals surface area contributed by atoms with Crippen LogP contribution < -0.4 is 15.6 Å². The maximum atomic E-state index is 11.4. The Hall–Kier alpha value is -1.41. The van der Waals surface area contributed by atoms with Gasteiger partial charge in [-0.1, -0.05) is 0 Å². The Balaban J connectivity index is 1.81. The molecule has 1 aromatic rings. The molecule has 1 heterocycles. The summed E-state index contributed by atoms with van der Waals surface area (Å²) in [5, 5.41) is 3.03. The van der Waals surface area contributed by atoms with Gasteiger partial charge in [0.05, 0.1) is 6.26 Å². The summed E-state index contributed by atoms with van der Waals surface area (Å²) in [5.74, 6) is 1.68. The van der Waals surface area contributed by atoms with Crippen molar-refractivity contribution >= 4 is 15.8 Å². The first-order chi connectivity index (χ1) is 8.94. The van der Waals surface area contributed by atoms with Crippen molar-refractivity contribution in [2.45, 2.75) is 25.2 Å². The first kappa shape index (κ1) is 14.0. The molecule has 0 atom stereocenters. The molecule has 1 saturated carbocycles. The summed E-state index contributed by atoms with van der Waals surface area (Å²) in [4.78, 5) is 18.5. The van der Waals surface area contributed by atoms with Gasteiger partial charge in [-0.25, -0.2) is 18.1 Å². The fourth-order valence-corrected chi connectivity index (χ4v) is 2.19. The Bertz CT molecular complexity index is 592. The number of nitrogens with one attached hydrogen (secondary N) is 3. The molecular formula is C11H18N4O3S. The van der Waals surface area contributed by atoms with Gasteiger partial charge >= 0.3 is 0 Å². The third-order valence-corrected chi connectivity index (χ3v) is 3.48. The standard InChI is InChI=1S/C11H18N4O3S/c1-19(17,18)13-6-2-5-12-9-7-10(16)15-11(14-9)8-3-4-8/h7-8,13H,2-6H2,1H3,(H2,12,14,15,16). The van der Waals surface area contributed by atoms with Crippen LogP contribution in [0.4, 0.5) is 5.82 Å². The second kappa shape index (κ2) is 5.70. The summed E-state index contributed by atoms with van der Waals surface area (Å²) >= 11 is 0. The number of rotatable bonds is 7. The predicted octanol–water partition coefficient (Wildman–Crippen LogP) is -0.00150. The quantitative estimate of drug-likeness (QED) is 0.612. The number of aromatic amines is 1. The lowest BCUT2D eigenvalue weighted by Gasteiger charge is -2.07. The van der Waals surface area contributed by atoms with Gasteiger partial charge in [-0.05, 0) is 19.3 Å². The van der Waals surface area contributed by atoms with Crippen molar-refractivity contribution in [2.24, 2.45) is 0 Å². The molecule has 106 valence electrons. The number of hydrogen-bond acceptors (Lipinski definition) is 5. The molecule has 0 amide bonds. The van der Waals surface area contributed by atoms with Gasteiger partial charge in [0.1, 0.15) is 11.6 Å². The van der Waals surface area contributed by atoms with Crippen LogP contribution in [0, 0.1) is 0 Å². The monoisotopic (exact) mass is 286 g/mol. The highest BCUT2D eigenvalue weighted by Gasteiger charge is 2.26. The van der Waals surface area contributed by atoms with E-state index in [4.69, 9.17) is 0 Å². The average Bonchev–Trinajstić information content (AvgIpc) is 3.10. The molecule has 0 unspecified atom stereocenters. The lowest BCUT2D eigenvalue weighted by atomic mass is 10.4. The predicted molar refractivity (Wildman–Crippen MR) is 72.8 cm³/mol. The maximum absolute atomic E-state index is 11.4. The fraction of sp³-hybridized carbons (Fsp3) is 0.636. The molecule has 1 fully saturated rings. The van der Waals surface area contributed by atoms with E-state index in [0.29, 0.717) is 31.2 Å². The molecule has 0 saturated heterocycles. The minimum Gasteiger partial charge on any atom is -0.370 e. The second-order valence-electron chi connectivity index (χ2n) is 4.74. The highest BCUT2D eigenvalue weighted by Crippen LogP contribution is 2.37. The van der Waals surface area contributed by atoms with Gasteiger partial charge in [-0.3, -0.25) is 4.79 Å². The summed E-state index contributed by atoms with van der Waals surface area (Å²) in [6.07, 6.45) is 3.90. The van der Waals surface area contributed by atoms with Crippen LogP contribution in [0.25, 0.3) is 0 Å². The Morgan fingerprint density at radius 3 is 2.79 bits per heavy atom. The van der Waals surface area contributed by atoms with E-state index in [1.807, 2.05) is 0 Å². The molecule has 0 bridgehead atoms. The molecule has 2 rings (SSSR count). The zero-order valence-electron chi connectivity index (χ0n) is 10.8. The van der Waals surface area contributed by atoms with Crippen LogP contribution in [-0.2, 0) is 10.0 Å². The van der Waals surface area contributed by atoms with E-state index in [9.17, 15) is 13.2 Å². The molecule has 19 heavy (non-hydrogen) atoms. The van der Waals surface area contributed by atoms with Gasteiger partial charge in [0, 0.05) is 25.1 Å². The molecule has 1 aromatic heterocycles. The number of H-pyrrole nitrogens is 1. The Labute approximate surface area is 111 Å². The minimum absolute atomic E-state index is 0.159. The highest BCUT2D eigenvalue weighted by atomic mass is 32.2. The van der Waals surface area contributed by atoms with Crippen molar-refractivity contribution in [2.75, 3.05) is 24.7 Å². The third-order valence-electron chi connectivity index (χ3n) is 2.75. The third kappa shape index (κ3) is 4.99. The lowest BCUT2D eigenvalue weighted by Crippen LogP contribution is -2.24. The van der Waals surface area contributed by atoms with Crippen LogP contribution in [0.1, 0.15) is 31.0 Å². The topological polar surface area (TPSA) is 104 Å². The van der Waals surface area contributed by atoms with Gasteiger partial charge in [0.25, 0.3) is 5.56 Å². The van der Waals surface area contributed by atoms with Crippen LogP contribution in [-0.4, -0.2) is 37.7 Å². The Morgan fingerprint density at radius 2 is 2.16 bits per heavy atom. The van der Waals surface area contributed by atoms with Crippen molar-refractivity contribution in [3.8, 4) is 0 Å². The van der Waals surface area contributed by atoms with Crippen molar-refractivity contribution in [1.29, 1.82) is 0 Å². The van der Waals surface area contributed by atoms with Gasteiger partial charge in [0.15, 0.2) is 0 Å². The molecule has 0 aliphatic heterocycles. The van der Waals surface area contributed by atoms with E-state index < -0.39 is 10.0 Å². The molecular weight excluding hydrogens is 268 g/mol. The Morgan fingerprint density at radius 1 is 1.42 bits per heavy atom. The summed E-state index contributed by atoms with van der Waals surface area (Å²) in [6, 6.07) is 1.41. The number of nitrogens with zero attached hydrogens (tertiary/aromatic N) is 1. The van der Waals surface area contributed by atoms with Crippen LogP contribution in [0.3, 0.4) is 0 Å². The molecule has 0 aromatic carbocycles. The van der Waals surface area contributed by atoms with Gasteiger partial charge in [-0.15, -0.1) is 0 Å². The van der Waals surface area contributed by atoms with Crippen molar-refractivity contribution < 1.29 is 8.42 Å². The zero-order chi connectivity index (χ0) is 13.9. The number of aromatic nitrogens is 2. The van der Waals surface area contributed by atoms with Crippen molar-refractivity contribution in [3.63, 3.8) is 0 Å². The van der Waals surface area contributed by atoms with Crippen LogP contribution in [0.5, 0.6) is 0 Å². The lowest BCUT2D eigenvalue weighted by molar-refractivity contribution is 0.586. The molecule has 8 heteroatoms. The number of sulfonamides is 1. The van der Waals surface area contributed by atoms with Gasteiger partial charge in [0.2, 0.25) is 10.0 Å². The molecule has 7 nitrogen and oxygen atoms in total. The average molecular weight is 286 g/mol. The van der Waals surface area contributed by atoms with E-state index in [1.54, 1.807) is 0 Å². The van der Waals surface area contributed by atoms with Crippen LogP contribution in [0.15, 0.2) is 10.9 Å². The largest absolute Gasteiger partial charge is 0.370 e.